The molecule has 1 aromatic carbocycles. The van der Waals surface area contributed by atoms with E-state index in [1.54, 1.807) is 14.0 Å². The Hall–Kier alpha value is -3.72. The van der Waals surface area contributed by atoms with E-state index in [1.165, 1.54) is 16.0 Å². The predicted molar refractivity (Wildman–Crippen MR) is 119 cm³/mol. The molecule has 3 aromatic heterocycles. The smallest absolute Gasteiger partial charge is 0.298 e. The molecular weight excluding hydrogens is 414 g/mol. The first-order valence-electron chi connectivity index (χ1n) is 9.77. The second-order valence-electron chi connectivity index (χ2n) is 7.51. The SMILES string of the molecule is Cc1[nH]c2ccccc2c1C(=O)C(=O)Nc1nn(C)c2c1[C@@H](c1cccs1)CC(=O)N2. The van der Waals surface area contributed by atoms with Crippen LogP contribution in [0.15, 0.2) is 41.8 Å². The Balaban J connectivity index is 1.52. The molecule has 31 heavy (non-hydrogen) atoms. The number of nitrogens with zero attached hydrogens (tertiary/aromatic N) is 2. The number of aromatic nitrogens is 3. The summed E-state index contributed by atoms with van der Waals surface area (Å²) in [4.78, 5) is 42.4. The molecule has 4 heterocycles. The highest BCUT2D eigenvalue weighted by Crippen LogP contribution is 2.42. The highest BCUT2D eigenvalue weighted by atomic mass is 32.1. The van der Waals surface area contributed by atoms with E-state index in [1.807, 2.05) is 41.8 Å². The van der Waals surface area contributed by atoms with Gasteiger partial charge in [0.15, 0.2) is 5.82 Å². The van der Waals surface area contributed by atoms with E-state index in [4.69, 9.17) is 0 Å². The van der Waals surface area contributed by atoms with Crippen LogP contribution in [0.4, 0.5) is 11.6 Å². The largest absolute Gasteiger partial charge is 0.358 e. The lowest BCUT2D eigenvalue weighted by Crippen LogP contribution is -2.26. The fraction of sp³-hybridized carbons (Fsp3) is 0.182. The van der Waals surface area contributed by atoms with Crippen LogP contribution in [0.25, 0.3) is 10.9 Å². The summed E-state index contributed by atoms with van der Waals surface area (Å²) in [6.07, 6.45) is 0.248. The van der Waals surface area contributed by atoms with Crippen molar-refractivity contribution in [1.82, 2.24) is 14.8 Å². The minimum atomic E-state index is -0.768. The van der Waals surface area contributed by atoms with E-state index in [0.29, 0.717) is 28.0 Å². The molecular formula is C22H19N5O3S. The van der Waals surface area contributed by atoms with Gasteiger partial charge in [-0.3, -0.25) is 19.1 Å². The summed E-state index contributed by atoms with van der Waals surface area (Å²) in [7, 11) is 1.69. The first-order chi connectivity index (χ1) is 14.9. The summed E-state index contributed by atoms with van der Waals surface area (Å²) in [5.41, 5.74) is 2.49. The Bertz CT molecular complexity index is 1350. The molecule has 1 atom stereocenters. The highest BCUT2D eigenvalue weighted by Gasteiger charge is 2.35. The first kappa shape index (κ1) is 19.3. The van der Waals surface area contributed by atoms with Gasteiger partial charge in [0.05, 0.1) is 5.56 Å². The number of H-pyrrole nitrogens is 1. The van der Waals surface area contributed by atoms with Crippen molar-refractivity contribution in [2.45, 2.75) is 19.3 Å². The molecule has 4 aromatic rings. The van der Waals surface area contributed by atoms with E-state index >= 15 is 0 Å². The maximum absolute atomic E-state index is 13.0. The molecule has 3 N–H and O–H groups in total. The van der Waals surface area contributed by atoms with Gasteiger partial charge in [0.2, 0.25) is 5.91 Å². The van der Waals surface area contributed by atoms with Gasteiger partial charge in [-0.2, -0.15) is 5.10 Å². The molecule has 156 valence electrons. The Kier molecular flexibility index (Phi) is 4.48. The van der Waals surface area contributed by atoms with Crippen molar-refractivity contribution >= 4 is 51.5 Å². The second-order valence-corrected chi connectivity index (χ2v) is 8.49. The van der Waals surface area contributed by atoms with Crippen molar-refractivity contribution in [2.24, 2.45) is 7.05 Å². The van der Waals surface area contributed by atoms with Gasteiger partial charge in [-0.1, -0.05) is 24.3 Å². The minimum absolute atomic E-state index is 0.114. The summed E-state index contributed by atoms with van der Waals surface area (Å²) >= 11 is 1.54. The minimum Gasteiger partial charge on any atom is -0.358 e. The number of amides is 2. The first-order valence-corrected chi connectivity index (χ1v) is 10.6. The summed E-state index contributed by atoms with van der Waals surface area (Å²) < 4.78 is 1.52. The lowest BCUT2D eigenvalue weighted by Gasteiger charge is -2.22. The van der Waals surface area contributed by atoms with Crippen LogP contribution in [-0.4, -0.2) is 32.4 Å². The number of anilines is 2. The molecule has 0 bridgehead atoms. The second kappa shape index (κ2) is 7.21. The molecule has 0 unspecified atom stereocenters. The number of fused-ring (bicyclic) bond motifs is 2. The molecule has 1 aliphatic rings. The number of para-hydroxylation sites is 1. The maximum atomic E-state index is 13.0. The van der Waals surface area contributed by atoms with E-state index < -0.39 is 11.7 Å². The Morgan fingerprint density at radius 3 is 2.81 bits per heavy atom. The third-order valence-corrected chi connectivity index (χ3v) is 6.51. The predicted octanol–water partition coefficient (Wildman–Crippen LogP) is 3.57. The van der Waals surface area contributed by atoms with Crippen molar-refractivity contribution in [1.29, 1.82) is 0 Å². The van der Waals surface area contributed by atoms with Crippen LogP contribution in [0.3, 0.4) is 0 Å². The molecule has 2 amide bonds. The van der Waals surface area contributed by atoms with Gasteiger partial charge in [0, 0.05) is 46.4 Å². The number of aryl methyl sites for hydroxylation is 2. The summed E-state index contributed by atoms with van der Waals surface area (Å²) in [5.74, 6) is -0.945. The molecule has 0 saturated carbocycles. The third kappa shape index (κ3) is 3.14. The van der Waals surface area contributed by atoms with Gasteiger partial charge in [-0.05, 0) is 24.4 Å². The van der Waals surface area contributed by atoms with Crippen LogP contribution in [0.2, 0.25) is 0 Å². The fourth-order valence-electron chi connectivity index (χ4n) is 4.16. The molecule has 0 saturated heterocycles. The van der Waals surface area contributed by atoms with Crippen LogP contribution >= 0.6 is 11.3 Å². The standard InChI is InChI=1S/C22H19N5O3S/c1-11-17(12-6-3-4-7-14(12)23-11)19(29)22(30)25-20-18-13(15-8-5-9-31-15)10-16(28)24-21(18)27(2)26-20/h3-9,13,23H,10H2,1-2H3,(H,24,28)(H,25,26,30)/t13-/m1/s1. The van der Waals surface area contributed by atoms with E-state index in [-0.39, 0.29) is 24.1 Å². The molecule has 1 aliphatic heterocycles. The topological polar surface area (TPSA) is 109 Å². The van der Waals surface area contributed by atoms with Crippen molar-refractivity contribution in [2.75, 3.05) is 10.6 Å². The summed E-state index contributed by atoms with van der Waals surface area (Å²) in [6.45, 7) is 1.77. The summed E-state index contributed by atoms with van der Waals surface area (Å²) in [6, 6.07) is 11.2. The number of benzene rings is 1. The monoisotopic (exact) mass is 433 g/mol. The maximum Gasteiger partial charge on any atom is 0.298 e. The number of carbonyl (C=O) groups excluding carboxylic acids is 3. The van der Waals surface area contributed by atoms with Crippen LogP contribution in [-0.2, 0) is 16.6 Å². The zero-order valence-electron chi connectivity index (χ0n) is 16.9. The Labute approximate surface area is 181 Å². The summed E-state index contributed by atoms with van der Waals surface area (Å²) in [5, 5.41) is 12.6. The van der Waals surface area contributed by atoms with Gasteiger partial charge in [0.25, 0.3) is 11.7 Å². The van der Waals surface area contributed by atoms with Crippen LogP contribution in [0, 0.1) is 6.92 Å². The van der Waals surface area contributed by atoms with Gasteiger partial charge >= 0.3 is 0 Å². The normalized spacial score (nSPS) is 15.5. The van der Waals surface area contributed by atoms with Gasteiger partial charge in [-0.15, -0.1) is 11.3 Å². The molecule has 8 nitrogen and oxygen atoms in total. The van der Waals surface area contributed by atoms with Crippen molar-refractivity contribution in [3.63, 3.8) is 0 Å². The van der Waals surface area contributed by atoms with Crippen LogP contribution < -0.4 is 10.6 Å². The van der Waals surface area contributed by atoms with Gasteiger partial charge < -0.3 is 15.6 Å². The van der Waals surface area contributed by atoms with Gasteiger partial charge in [-0.25, -0.2) is 0 Å². The number of hydrogen-bond acceptors (Lipinski definition) is 5. The fourth-order valence-corrected chi connectivity index (χ4v) is 5.00. The van der Waals surface area contributed by atoms with Crippen LogP contribution in [0.5, 0.6) is 0 Å². The zero-order valence-corrected chi connectivity index (χ0v) is 17.7. The van der Waals surface area contributed by atoms with Gasteiger partial charge in [0.1, 0.15) is 5.82 Å². The third-order valence-electron chi connectivity index (χ3n) is 5.53. The Morgan fingerprint density at radius 2 is 2.03 bits per heavy atom. The zero-order chi connectivity index (χ0) is 21.7. The van der Waals surface area contributed by atoms with Crippen molar-refractivity contribution < 1.29 is 14.4 Å². The number of rotatable bonds is 4. The molecule has 0 spiro atoms. The number of Topliss-reactive ketones (excluding diaryl/α,β-unsaturated/α-hetero) is 1. The lowest BCUT2D eigenvalue weighted by atomic mass is 9.92. The quantitative estimate of drug-likeness (QED) is 0.338. The average Bonchev–Trinajstić information content (AvgIpc) is 3.45. The number of nitrogens with one attached hydrogen (secondary N) is 3. The molecule has 0 aliphatic carbocycles. The molecule has 0 fully saturated rings. The molecule has 5 rings (SSSR count). The van der Waals surface area contributed by atoms with E-state index in [9.17, 15) is 14.4 Å². The number of ketones is 1. The van der Waals surface area contributed by atoms with Crippen molar-refractivity contribution in [3.05, 3.63) is 63.5 Å². The molecule has 9 heteroatoms. The lowest BCUT2D eigenvalue weighted by molar-refractivity contribution is -0.116. The number of thiophene rings is 1. The number of hydrogen-bond donors (Lipinski definition) is 3. The Morgan fingerprint density at radius 1 is 1.23 bits per heavy atom. The van der Waals surface area contributed by atoms with E-state index in [2.05, 4.69) is 20.7 Å². The van der Waals surface area contributed by atoms with Crippen molar-refractivity contribution in [3.8, 4) is 0 Å². The number of carbonyl (C=O) groups is 3. The molecule has 0 radical (unpaired) electrons. The van der Waals surface area contributed by atoms with Crippen LogP contribution in [0.1, 0.15) is 38.8 Å². The number of aromatic amines is 1. The van der Waals surface area contributed by atoms with E-state index in [0.717, 1.165) is 10.4 Å². The highest BCUT2D eigenvalue weighted by molar-refractivity contribution is 7.10. The average molecular weight is 433 g/mol.